The Morgan fingerprint density at radius 2 is 2.47 bits per heavy atom. The largest absolute Gasteiger partial charge is 0.347 e. The fraction of sp³-hybridized carbons (Fsp3) is 0.667. The minimum Gasteiger partial charge on any atom is -0.347 e. The Balaban J connectivity index is 1.99. The van der Waals surface area contributed by atoms with E-state index in [0.717, 1.165) is 24.7 Å². The lowest BCUT2D eigenvalue weighted by molar-refractivity contribution is -0.121. The zero-order chi connectivity index (χ0) is 10.9. The molecule has 3 heteroatoms. The molecule has 1 N–H and O–H groups in total. The van der Waals surface area contributed by atoms with E-state index >= 15 is 0 Å². The third kappa shape index (κ3) is 2.38. The summed E-state index contributed by atoms with van der Waals surface area (Å²) in [4.78, 5) is 11.4. The highest BCUT2D eigenvalue weighted by Gasteiger charge is 2.42. The van der Waals surface area contributed by atoms with Gasteiger partial charge in [0, 0.05) is 0 Å². The van der Waals surface area contributed by atoms with E-state index in [4.69, 9.17) is 5.26 Å². The van der Waals surface area contributed by atoms with Crippen molar-refractivity contribution >= 4 is 5.91 Å². The third-order valence-electron chi connectivity index (χ3n) is 3.34. The lowest BCUT2D eigenvalue weighted by Crippen LogP contribution is -2.44. The van der Waals surface area contributed by atoms with E-state index in [1.165, 1.54) is 6.42 Å². The predicted molar refractivity (Wildman–Crippen MR) is 56.7 cm³/mol. The minimum absolute atomic E-state index is 0.0441. The Morgan fingerprint density at radius 3 is 3.20 bits per heavy atom. The molecule has 1 saturated carbocycles. The number of nitriles is 1. The van der Waals surface area contributed by atoms with Crippen molar-refractivity contribution in [2.75, 3.05) is 0 Å². The van der Waals surface area contributed by atoms with Gasteiger partial charge in [0.2, 0.25) is 5.91 Å². The van der Waals surface area contributed by atoms with Gasteiger partial charge in [-0.2, -0.15) is 5.26 Å². The quantitative estimate of drug-likeness (QED) is 0.697. The number of hydrogen-bond donors (Lipinski definition) is 1. The molecule has 0 saturated heterocycles. The molecular weight excluding hydrogens is 188 g/mol. The van der Waals surface area contributed by atoms with Gasteiger partial charge in [-0.25, -0.2) is 0 Å². The highest BCUT2D eigenvalue weighted by Crippen LogP contribution is 2.48. The SMILES string of the molecule is CC1(NC(=O)CC#N)C=CCC2CC2C1. The minimum atomic E-state index is -0.232. The lowest BCUT2D eigenvalue weighted by atomic mass is 9.94. The smallest absolute Gasteiger partial charge is 0.234 e. The van der Waals surface area contributed by atoms with Crippen molar-refractivity contribution in [3.63, 3.8) is 0 Å². The third-order valence-corrected chi connectivity index (χ3v) is 3.34. The van der Waals surface area contributed by atoms with Crippen molar-refractivity contribution in [3.8, 4) is 6.07 Å². The van der Waals surface area contributed by atoms with Gasteiger partial charge in [0.1, 0.15) is 6.42 Å². The molecule has 0 heterocycles. The number of carbonyl (C=O) groups excluding carboxylic acids is 1. The van der Waals surface area contributed by atoms with Crippen molar-refractivity contribution in [2.45, 2.75) is 38.1 Å². The normalized spacial score (nSPS) is 37.3. The maximum absolute atomic E-state index is 11.4. The van der Waals surface area contributed by atoms with Crippen LogP contribution in [0, 0.1) is 23.2 Å². The predicted octanol–water partition coefficient (Wildman–Crippen LogP) is 1.76. The fourth-order valence-corrected chi connectivity index (χ4v) is 2.49. The fourth-order valence-electron chi connectivity index (χ4n) is 2.49. The molecule has 2 aliphatic carbocycles. The second-order valence-corrected chi connectivity index (χ2v) is 4.90. The van der Waals surface area contributed by atoms with Crippen molar-refractivity contribution in [1.82, 2.24) is 5.32 Å². The Morgan fingerprint density at radius 1 is 1.67 bits per heavy atom. The average Bonchev–Trinajstić information content (AvgIpc) is 2.82. The number of fused-ring (bicyclic) bond motifs is 1. The molecule has 1 amide bonds. The molecule has 0 aromatic carbocycles. The van der Waals surface area contributed by atoms with Gasteiger partial charge >= 0.3 is 0 Å². The van der Waals surface area contributed by atoms with Gasteiger partial charge in [0.15, 0.2) is 0 Å². The van der Waals surface area contributed by atoms with Crippen LogP contribution in [-0.2, 0) is 4.79 Å². The first-order valence-corrected chi connectivity index (χ1v) is 5.48. The molecule has 3 unspecified atom stereocenters. The number of nitrogens with zero attached hydrogens (tertiary/aromatic N) is 1. The number of nitrogens with one attached hydrogen (secondary N) is 1. The summed E-state index contributed by atoms with van der Waals surface area (Å²) in [5.74, 6) is 1.45. The molecule has 2 rings (SSSR count). The van der Waals surface area contributed by atoms with Gasteiger partial charge in [-0.15, -0.1) is 0 Å². The number of amides is 1. The van der Waals surface area contributed by atoms with E-state index in [0.29, 0.717) is 0 Å². The molecule has 80 valence electrons. The molecule has 0 spiro atoms. The average molecular weight is 204 g/mol. The molecule has 0 aliphatic heterocycles. The Kier molecular flexibility index (Phi) is 2.52. The van der Waals surface area contributed by atoms with Crippen LogP contribution in [0.25, 0.3) is 0 Å². The number of carbonyl (C=O) groups is 1. The van der Waals surface area contributed by atoms with Gasteiger partial charge in [-0.3, -0.25) is 4.79 Å². The molecule has 15 heavy (non-hydrogen) atoms. The summed E-state index contributed by atoms with van der Waals surface area (Å²) in [5.41, 5.74) is -0.232. The van der Waals surface area contributed by atoms with Crippen LogP contribution in [0.1, 0.15) is 32.6 Å². The van der Waals surface area contributed by atoms with Crippen LogP contribution in [0.3, 0.4) is 0 Å². The van der Waals surface area contributed by atoms with E-state index < -0.39 is 0 Å². The first-order chi connectivity index (χ1) is 7.13. The maximum atomic E-state index is 11.4. The number of allylic oxidation sites excluding steroid dienone is 1. The van der Waals surface area contributed by atoms with Crippen LogP contribution in [0.4, 0.5) is 0 Å². The van der Waals surface area contributed by atoms with E-state index in [1.807, 2.05) is 13.0 Å². The number of hydrogen-bond acceptors (Lipinski definition) is 2. The van der Waals surface area contributed by atoms with Crippen molar-refractivity contribution in [1.29, 1.82) is 5.26 Å². The van der Waals surface area contributed by atoms with E-state index in [9.17, 15) is 4.79 Å². The summed E-state index contributed by atoms with van der Waals surface area (Å²) in [6, 6.07) is 1.88. The molecule has 0 bridgehead atoms. The van der Waals surface area contributed by atoms with Crippen LogP contribution >= 0.6 is 0 Å². The molecule has 0 aromatic heterocycles. The van der Waals surface area contributed by atoms with Gasteiger partial charge in [0.05, 0.1) is 11.6 Å². The molecular formula is C12H16N2O. The molecule has 3 nitrogen and oxygen atoms in total. The summed E-state index contributed by atoms with van der Waals surface area (Å²) in [7, 11) is 0. The summed E-state index contributed by atoms with van der Waals surface area (Å²) in [5, 5.41) is 11.4. The highest BCUT2D eigenvalue weighted by atomic mass is 16.1. The first kappa shape index (κ1) is 10.2. The maximum Gasteiger partial charge on any atom is 0.234 e. The Bertz CT molecular complexity index is 342. The lowest BCUT2D eigenvalue weighted by Gasteiger charge is -2.26. The molecule has 2 aliphatic rings. The summed E-state index contributed by atoms with van der Waals surface area (Å²) >= 11 is 0. The van der Waals surface area contributed by atoms with E-state index in [1.54, 1.807) is 0 Å². The molecule has 1 fully saturated rings. The standard InChI is InChI=1S/C12H16N2O/c1-12(14-11(15)4-6-13)5-2-3-9-7-10(9)8-12/h2,5,9-10H,3-4,7-8H2,1H3,(H,14,15). The van der Waals surface area contributed by atoms with Crippen LogP contribution in [0.5, 0.6) is 0 Å². The Hall–Kier alpha value is -1.30. The van der Waals surface area contributed by atoms with Crippen LogP contribution in [0.2, 0.25) is 0 Å². The van der Waals surface area contributed by atoms with Crippen LogP contribution in [0.15, 0.2) is 12.2 Å². The summed E-state index contributed by atoms with van der Waals surface area (Å²) in [6.07, 6.45) is 7.68. The van der Waals surface area contributed by atoms with Gasteiger partial charge in [0.25, 0.3) is 0 Å². The zero-order valence-electron chi connectivity index (χ0n) is 8.99. The van der Waals surface area contributed by atoms with Crippen LogP contribution in [-0.4, -0.2) is 11.4 Å². The molecule has 3 atom stereocenters. The second kappa shape index (κ2) is 3.69. The molecule has 0 aromatic rings. The van der Waals surface area contributed by atoms with Crippen LogP contribution < -0.4 is 5.32 Å². The first-order valence-electron chi connectivity index (χ1n) is 5.48. The van der Waals surface area contributed by atoms with Crippen molar-refractivity contribution < 1.29 is 4.79 Å². The zero-order valence-corrected chi connectivity index (χ0v) is 8.99. The van der Waals surface area contributed by atoms with E-state index in [2.05, 4.69) is 17.5 Å². The Labute approximate surface area is 90.2 Å². The van der Waals surface area contributed by atoms with Gasteiger partial charge in [-0.1, -0.05) is 12.2 Å². The van der Waals surface area contributed by atoms with Crippen molar-refractivity contribution in [2.24, 2.45) is 11.8 Å². The second-order valence-electron chi connectivity index (χ2n) is 4.90. The topological polar surface area (TPSA) is 52.9 Å². The monoisotopic (exact) mass is 204 g/mol. The van der Waals surface area contributed by atoms with Gasteiger partial charge in [-0.05, 0) is 38.0 Å². The van der Waals surface area contributed by atoms with Crippen molar-refractivity contribution in [3.05, 3.63) is 12.2 Å². The molecule has 0 radical (unpaired) electrons. The van der Waals surface area contributed by atoms with E-state index in [-0.39, 0.29) is 17.9 Å². The number of rotatable bonds is 2. The summed E-state index contributed by atoms with van der Waals surface area (Å²) < 4.78 is 0. The summed E-state index contributed by atoms with van der Waals surface area (Å²) in [6.45, 7) is 2.04. The van der Waals surface area contributed by atoms with Gasteiger partial charge < -0.3 is 5.32 Å². The highest BCUT2D eigenvalue weighted by molar-refractivity contribution is 5.79.